The highest BCUT2D eigenvalue weighted by Crippen LogP contribution is 2.40. The molecule has 0 saturated carbocycles. The molecule has 118 valence electrons. The standard InChI is InChI=1S/C14H18F3NO2S/c1-18-8-12(10-6-7-21(19,20)9-10)11-4-2-3-5-13(11)14(15,16)17/h2-5,10,12,18H,6-9H2,1H3. The second-order valence-corrected chi connectivity index (χ2v) is 7.64. The normalized spacial score (nSPS) is 23.1. The molecule has 3 nitrogen and oxygen atoms in total. The van der Waals surface area contributed by atoms with Gasteiger partial charge in [-0.3, -0.25) is 0 Å². The topological polar surface area (TPSA) is 46.2 Å². The van der Waals surface area contributed by atoms with Crippen molar-refractivity contribution in [3.05, 3.63) is 35.4 Å². The summed E-state index contributed by atoms with van der Waals surface area (Å²) in [6, 6.07) is 5.43. The molecule has 1 heterocycles. The molecule has 0 amide bonds. The van der Waals surface area contributed by atoms with Crippen LogP contribution in [0, 0.1) is 5.92 Å². The van der Waals surface area contributed by atoms with Crippen LogP contribution in [0.1, 0.15) is 23.5 Å². The van der Waals surface area contributed by atoms with Gasteiger partial charge in [0.15, 0.2) is 9.84 Å². The maximum absolute atomic E-state index is 13.1. The van der Waals surface area contributed by atoms with Gasteiger partial charge in [-0.25, -0.2) is 8.42 Å². The van der Waals surface area contributed by atoms with Gasteiger partial charge in [0.2, 0.25) is 0 Å². The first-order chi connectivity index (χ1) is 9.74. The second-order valence-electron chi connectivity index (χ2n) is 5.41. The summed E-state index contributed by atoms with van der Waals surface area (Å²) in [6.45, 7) is 0.327. The Morgan fingerprint density at radius 3 is 2.52 bits per heavy atom. The number of sulfone groups is 1. The van der Waals surface area contributed by atoms with Gasteiger partial charge in [0.05, 0.1) is 17.1 Å². The van der Waals surface area contributed by atoms with E-state index in [1.807, 2.05) is 0 Å². The predicted molar refractivity (Wildman–Crippen MR) is 74.9 cm³/mol. The van der Waals surface area contributed by atoms with Gasteiger partial charge >= 0.3 is 6.18 Å². The number of hydrogen-bond donors (Lipinski definition) is 1. The van der Waals surface area contributed by atoms with E-state index in [1.54, 1.807) is 13.1 Å². The summed E-state index contributed by atoms with van der Waals surface area (Å²) in [5.74, 6) is -0.700. The lowest BCUT2D eigenvalue weighted by Crippen LogP contribution is -2.27. The average Bonchev–Trinajstić information content (AvgIpc) is 2.75. The van der Waals surface area contributed by atoms with E-state index >= 15 is 0 Å². The molecule has 0 spiro atoms. The van der Waals surface area contributed by atoms with E-state index in [4.69, 9.17) is 0 Å². The third kappa shape index (κ3) is 3.77. The van der Waals surface area contributed by atoms with Crippen LogP contribution in [0.15, 0.2) is 24.3 Å². The lowest BCUT2D eigenvalue weighted by atomic mass is 9.83. The Labute approximate surface area is 122 Å². The molecular weight excluding hydrogens is 303 g/mol. The highest BCUT2D eigenvalue weighted by molar-refractivity contribution is 7.91. The molecule has 7 heteroatoms. The Balaban J connectivity index is 2.40. The Bertz CT molecular complexity index is 598. The molecule has 1 saturated heterocycles. The van der Waals surface area contributed by atoms with Gasteiger partial charge in [-0.15, -0.1) is 0 Å². The molecule has 1 aliphatic rings. The van der Waals surface area contributed by atoms with E-state index in [9.17, 15) is 21.6 Å². The highest BCUT2D eigenvalue weighted by atomic mass is 32.2. The van der Waals surface area contributed by atoms with E-state index in [-0.39, 0.29) is 23.0 Å². The molecule has 0 aliphatic carbocycles. The predicted octanol–water partition coefficient (Wildman–Crippen LogP) is 2.44. The largest absolute Gasteiger partial charge is 0.416 e. The Morgan fingerprint density at radius 2 is 2.00 bits per heavy atom. The minimum atomic E-state index is -4.43. The number of hydrogen-bond acceptors (Lipinski definition) is 3. The molecular formula is C14H18F3NO2S. The maximum Gasteiger partial charge on any atom is 0.416 e. The van der Waals surface area contributed by atoms with Crippen LogP contribution >= 0.6 is 0 Å². The van der Waals surface area contributed by atoms with Crippen LogP contribution in [-0.4, -0.2) is 33.5 Å². The first-order valence-corrected chi connectivity index (χ1v) is 8.58. The SMILES string of the molecule is CNCC(c1ccccc1C(F)(F)F)C1CCS(=O)(=O)C1. The zero-order valence-corrected chi connectivity index (χ0v) is 12.5. The van der Waals surface area contributed by atoms with Gasteiger partial charge in [0.1, 0.15) is 0 Å². The van der Waals surface area contributed by atoms with Crippen molar-refractivity contribution in [2.24, 2.45) is 5.92 Å². The average molecular weight is 321 g/mol. The molecule has 1 aromatic rings. The zero-order chi connectivity index (χ0) is 15.7. The summed E-state index contributed by atoms with van der Waals surface area (Å²) in [6.07, 6.45) is -4.01. The fourth-order valence-electron chi connectivity index (χ4n) is 2.97. The van der Waals surface area contributed by atoms with Crippen LogP contribution in [0.2, 0.25) is 0 Å². The van der Waals surface area contributed by atoms with Crippen LogP contribution < -0.4 is 5.32 Å². The summed E-state index contributed by atoms with van der Waals surface area (Å²) in [5, 5.41) is 2.89. The third-order valence-corrected chi connectivity index (χ3v) is 5.72. The van der Waals surface area contributed by atoms with Gasteiger partial charge in [0, 0.05) is 12.5 Å². The smallest absolute Gasteiger partial charge is 0.319 e. The molecule has 2 rings (SSSR count). The van der Waals surface area contributed by atoms with Crippen molar-refractivity contribution in [1.82, 2.24) is 5.32 Å². The fraction of sp³-hybridized carbons (Fsp3) is 0.571. The summed E-state index contributed by atoms with van der Waals surface area (Å²) in [4.78, 5) is 0. The molecule has 1 aliphatic heterocycles. The van der Waals surface area contributed by atoms with E-state index in [1.165, 1.54) is 12.1 Å². The van der Waals surface area contributed by atoms with Crippen molar-refractivity contribution >= 4 is 9.84 Å². The highest BCUT2D eigenvalue weighted by Gasteiger charge is 2.39. The summed E-state index contributed by atoms with van der Waals surface area (Å²) in [7, 11) is -1.46. The fourth-order valence-corrected chi connectivity index (χ4v) is 4.85. The van der Waals surface area contributed by atoms with Crippen molar-refractivity contribution in [1.29, 1.82) is 0 Å². The molecule has 2 unspecified atom stereocenters. The minimum Gasteiger partial charge on any atom is -0.319 e. The Morgan fingerprint density at radius 1 is 1.33 bits per heavy atom. The number of likely N-dealkylation sites (N-methyl/N-ethyl adjacent to an activating group) is 1. The minimum absolute atomic E-state index is 0.0362. The van der Waals surface area contributed by atoms with Crippen LogP contribution in [0.5, 0.6) is 0 Å². The number of rotatable bonds is 4. The van der Waals surface area contributed by atoms with Crippen molar-refractivity contribution < 1.29 is 21.6 Å². The van der Waals surface area contributed by atoms with Gasteiger partial charge in [0.25, 0.3) is 0 Å². The maximum atomic E-state index is 13.1. The molecule has 0 aromatic heterocycles. The van der Waals surface area contributed by atoms with E-state index in [0.29, 0.717) is 13.0 Å². The van der Waals surface area contributed by atoms with Crippen LogP contribution in [0.3, 0.4) is 0 Å². The quantitative estimate of drug-likeness (QED) is 0.926. The van der Waals surface area contributed by atoms with Gasteiger partial charge in [-0.05, 0) is 31.0 Å². The van der Waals surface area contributed by atoms with Crippen LogP contribution in [0.25, 0.3) is 0 Å². The lowest BCUT2D eigenvalue weighted by molar-refractivity contribution is -0.138. The van der Waals surface area contributed by atoms with E-state index < -0.39 is 27.5 Å². The van der Waals surface area contributed by atoms with Crippen molar-refractivity contribution in [3.8, 4) is 0 Å². The Hall–Kier alpha value is -1.08. The van der Waals surface area contributed by atoms with E-state index in [2.05, 4.69) is 5.32 Å². The van der Waals surface area contributed by atoms with E-state index in [0.717, 1.165) is 6.07 Å². The molecule has 1 fully saturated rings. The molecule has 21 heavy (non-hydrogen) atoms. The second kappa shape index (κ2) is 5.96. The number of nitrogens with one attached hydrogen (secondary N) is 1. The molecule has 2 atom stereocenters. The van der Waals surface area contributed by atoms with Gasteiger partial charge in [-0.2, -0.15) is 13.2 Å². The van der Waals surface area contributed by atoms with Crippen molar-refractivity contribution in [2.75, 3.05) is 25.1 Å². The first kappa shape index (κ1) is 16.3. The molecule has 1 aromatic carbocycles. The molecule has 0 radical (unpaired) electrons. The van der Waals surface area contributed by atoms with Crippen LogP contribution in [0.4, 0.5) is 13.2 Å². The first-order valence-electron chi connectivity index (χ1n) is 6.76. The number of benzene rings is 1. The summed E-state index contributed by atoms with van der Waals surface area (Å²) >= 11 is 0. The molecule has 1 N–H and O–H groups in total. The number of halogens is 3. The zero-order valence-electron chi connectivity index (χ0n) is 11.7. The summed E-state index contributed by atoms with van der Waals surface area (Å²) in [5.41, 5.74) is -0.490. The summed E-state index contributed by atoms with van der Waals surface area (Å²) < 4.78 is 62.7. The monoisotopic (exact) mass is 321 g/mol. The van der Waals surface area contributed by atoms with Crippen molar-refractivity contribution in [3.63, 3.8) is 0 Å². The lowest BCUT2D eigenvalue weighted by Gasteiger charge is -2.26. The van der Waals surface area contributed by atoms with Gasteiger partial charge in [-0.1, -0.05) is 18.2 Å². The van der Waals surface area contributed by atoms with Gasteiger partial charge < -0.3 is 5.32 Å². The van der Waals surface area contributed by atoms with Crippen LogP contribution in [-0.2, 0) is 16.0 Å². The third-order valence-electron chi connectivity index (χ3n) is 3.93. The Kier molecular flexibility index (Phi) is 4.63. The molecule has 0 bridgehead atoms. The number of alkyl halides is 3. The van der Waals surface area contributed by atoms with Crippen molar-refractivity contribution in [2.45, 2.75) is 18.5 Å².